The molecule has 162 valence electrons. The van der Waals surface area contributed by atoms with Crippen LogP contribution in [0, 0.1) is 0 Å². The van der Waals surface area contributed by atoms with Crippen LogP contribution in [0.1, 0.15) is 32.6 Å². The average molecular weight is 453 g/mol. The third kappa shape index (κ3) is 4.32. The molecule has 1 aromatic carbocycles. The van der Waals surface area contributed by atoms with E-state index in [0.717, 1.165) is 40.3 Å². The Hall–Kier alpha value is -2.06. The van der Waals surface area contributed by atoms with E-state index in [1.807, 2.05) is 17.8 Å². The average Bonchev–Trinajstić information content (AvgIpc) is 3.54. The predicted octanol–water partition coefficient (Wildman–Crippen LogP) is 6.30. The summed E-state index contributed by atoms with van der Waals surface area (Å²) < 4.78 is 6.63. The van der Waals surface area contributed by atoms with Crippen molar-refractivity contribution < 1.29 is 4.74 Å². The smallest absolute Gasteiger partial charge is 0.125 e. The van der Waals surface area contributed by atoms with E-state index >= 15 is 0 Å². The lowest BCUT2D eigenvalue weighted by Crippen LogP contribution is -2.47. The van der Waals surface area contributed by atoms with Gasteiger partial charge in [-0.3, -0.25) is 4.90 Å². The maximum Gasteiger partial charge on any atom is 0.125 e. The summed E-state index contributed by atoms with van der Waals surface area (Å²) in [5, 5.41) is 6.67. The molecule has 7 heteroatoms. The van der Waals surface area contributed by atoms with Crippen molar-refractivity contribution in [1.82, 2.24) is 14.9 Å². The molecule has 0 saturated carbocycles. The van der Waals surface area contributed by atoms with Gasteiger partial charge in [0.1, 0.15) is 4.83 Å². The number of anilines is 2. The Morgan fingerprint density at radius 2 is 2.00 bits per heavy atom. The number of thiazole rings is 1. The summed E-state index contributed by atoms with van der Waals surface area (Å²) in [5.74, 6) is 0. The summed E-state index contributed by atoms with van der Waals surface area (Å²) in [6.07, 6.45) is 7.17. The molecule has 1 N–H and O–H groups in total. The zero-order valence-corrected chi connectivity index (χ0v) is 19.5. The first-order chi connectivity index (χ1) is 15.3. The van der Waals surface area contributed by atoms with Gasteiger partial charge in [-0.1, -0.05) is 6.92 Å². The lowest BCUT2D eigenvalue weighted by molar-refractivity contribution is -0.00595. The van der Waals surface area contributed by atoms with Crippen molar-refractivity contribution in [3.63, 3.8) is 0 Å². The van der Waals surface area contributed by atoms with E-state index in [2.05, 4.69) is 56.8 Å². The van der Waals surface area contributed by atoms with E-state index in [-0.39, 0.29) is 0 Å². The van der Waals surface area contributed by atoms with Crippen molar-refractivity contribution in [2.45, 2.75) is 38.1 Å². The fourth-order valence-electron chi connectivity index (χ4n) is 4.88. The molecule has 2 saturated heterocycles. The van der Waals surface area contributed by atoms with Gasteiger partial charge in [-0.25, -0.2) is 9.97 Å². The maximum atomic E-state index is 5.42. The van der Waals surface area contributed by atoms with Gasteiger partial charge in [0.2, 0.25) is 0 Å². The topological polar surface area (TPSA) is 50.3 Å². The van der Waals surface area contributed by atoms with Gasteiger partial charge in [-0.2, -0.15) is 0 Å². The maximum absolute atomic E-state index is 5.42. The van der Waals surface area contributed by atoms with E-state index in [4.69, 9.17) is 4.74 Å². The molecule has 31 heavy (non-hydrogen) atoms. The highest BCUT2D eigenvalue weighted by molar-refractivity contribution is 7.17. The third-order valence-corrected chi connectivity index (χ3v) is 8.15. The van der Waals surface area contributed by atoms with Gasteiger partial charge >= 0.3 is 0 Å². The second kappa shape index (κ2) is 9.20. The van der Waals surface area contributed by atoms with Crippen LogP contribution in [0.5, 0.6) is 0 Å². The van der Waals surface area contributed by atoms with E-state index in [1.54, 1.807) is 22.7 Å². The van der Waals surface area contributed by atoms with Crippen LogP contribution in [-0.2, 0) is 4.74 Å². The minimum absolute atomic E-state index is 0.549. The first kappa shape index (κ1) is 20.8. The number of likely N-dealkylation sites (tertiary alicyclic amines) is 1. The van der Waals surface area contributed by atoms with E-state index in [0.29, 0.717) is 5.54 Å². The molecular weight excluding hydrogens is 424 g/mol. The van der Waals surface area contributed by atoms with Crippen molar-refractivity contribution in [2.75, 3.05) is 31.6 Å². The molecule has 5 nitrogen and oxygen atoms in total. The third-order valence-electron chi connectivity index (χ3n) is 6.52. The van der Waals surface area contributed by atoms with Gasteiger partial charge < -0.3 is 10.1 Å². The highest BCUT2D eigenvalue weighted by Gasteiger charge is 2.40. The zero-order chi connectivity index (χ0) is 21.1. The normalized spacial score (nSPS) is 18.4. The molecule has 6 rings (SSSR count). The minimum atomic E-state index is 0.549. The van der Waals surface area contributed by atoms with E-state index < -0.39 is 0 Å². The van der Waals surface area contributed by atoms with Crippen LogP contribution in [0.25, 0.3) is 20.4 Å². The molecule has 2 aliphatic rings. The van der Waals surface area contributed by atoms with Crippen molar-refractivity contribution in [3.05, 3.63) is 47.4 Å². The highest BCUT2D eigenvalue weighted by atomic mass is 32.1. The number of ether oxygens (including phenoxy) is 1. The van der Waals surface area contributed by atoms with Gasteiger partial charge in [-0.15, -0.1) is 22.7 Å². The number of pyridine rings is 1. The fourth-order valence-corrected chi connectivity index (χ4v) is 6.30. The van der Waals surface area contributed by atoms with E-state index in [1.165, 1.54) is 43.5 Å². The Labute approximate surface area is 191 Å². The summed E-state index contributed by atoms with van der Waals surface area (Å²) in [7, 11) is 0. The number of nitrogens with zero attached hydrogens (tertiary/aromatic N) is 3. The Kier molecular flexibility index (Phi) is 6.18. The Balaban J connectivity index is 0.000000147. The summed E-state index contributed by atoms with van der Waals surface area (Å²) in [5.41, 5.74) is 5.59. The number of aromatic nitrogens is 2. The van der Waals surface area contributed by atoms with Crippen molar-refractivity contribution in [3.8, 4) is 0 Å². The fraction of sp³-hybridized carbons (Fsp3) is 0.417. The first-order valence-corrected chi connectivity index (χ1v) is 12.8. The number of thiophene rings is 1. The Bertz CT molecular complexity index is 1150. The van der Waals surface area contributed by atoms with Crippen LogP contribution in [-0.4, -0.2) is 46.7 Å². The number of hydrogen-bond donors (Lipinski definition) is 1. The van der Waals surface area contributed by atoms with Crippen molar-refractivity contribution >= 4 is 54.5 Å². The molecule has 0 radical (unpaired) electrons. The van der Waals surface area contributed by atoms with Gasteiger partial charge in [0.05, 0.1) is 21.4 Å². The molecule has 0 bridgehead atoms. The Morgan fingerprint density at radius 1 is 1.10 bits per heavy atom. The molecule has 1 spiro atoms. The van der Waals surface area contributed by atoms with Crippen LogP contribution in [0.4, 0.5) is 11.4 Å². The number of fused-ring (bicyclic) bond motifs is 2. The number of nitrogens with one attached hydrogen (secondary N) is 1. The van der Waals surface area contributed by atoms with Gasteiger partial charge in [0.15, 0.2) is 0 Å². The van der Waals surface area contributed by atoms with Crippen molar-refractivity contribution in [2.24, 2.45) is 0 Å². The molecule has 0 unspecified atom stereocenters. The lowest BCUT2D eigenvalue weighted by Gasteiger charge is -2.41. The highest BCUT2D eigenvalue weighted by Crippen LogP contribution is 2.37. The van der Waals surface area contributed by atoms with Crippen LogP contribution in [0.15, 0.2) is 47.4 Å². The zero-order valence-electron chi connectivity index (χ0n) is 17.8. The number of rotatable bonds is 3. The van der Waals surface area contributed by atoms with Crippen molar-refractivity contribution in [1.29, 1.82) is 0 Å². The van der Waals surface area contributed by atoms with Gasteiger partial charge in [-0.05, 0) is 74.5 Å². The summed E-state index contributed by atoms with van der Waals surface area (Å²) in [4.78, 5) is 12.4. The molecule has 2 fully saturated rings. The molecule has 0 atom stereocenters. The molecule has 3 aromatic heterocycles. The second-order valence-electron chi connectivity index (χ2n) is 8.18. The lowest BCUT2D eigenvalue weighted by atomic mass is 9.87. The van der Waals surface area contributed by atoms with Crippen LogP contribution >= 0.6 is 22.7 Å². The van der Waals surface area contributed by atoms with Gasteiger partial charge in [0, 0.05) is 36.0 Å². The number of hydrogen-bond acceptors (Lipinski definition) is 7. The molecule has 4 aromatic rings. The first-order valence-electron chi connectivity index (χ1n) is 11.0. The van der Waals surface area contributed by atoms with Gasteiger partial charge in [0.25, 0.3) is 0 Å². The summed E-state index contributed by atoms with van der Waals surface area (Å²) >= 11 is 3.31. The molecule has 0 aliphatic carbocycles. The number of benzene rings is 1. The van der Waals surface area contributed by atoms with Crippen LogP contribution < -0.4 is 5.32 Å². The summed E-state index contributed by atoms with van der Waals surface area (Å²) in [6.45, 7) is 6.78. The minimum Gasteiger partial charge on any atom is -0.381 e. The van der Waals surface area contributed by atoms with Crippen LogP contribution in [0.3, 0.4) is 0 Å². The monoisotopic (exact) mass is 452 g/mol. The summed E-state index contributed by atoms with van der Waals surface area (Å²) in [6, 6.07) is 10.3. The quantitative estimate of drug-likeness (QED) is 0.395. The van der Waals surface area contributed by atoms with Crippen LogP contribution in [0.2, 0.25) is 0 Å². The molecule has 5 heterocycles. The molecular formula is C24H28N4OS2. The standard InChI is InChI=1S/C14H9N3S2.C10H19NO/c1-2-13-12(16-8-19-13)7-9(1)17-11-3-5-15-14-10(11)4-6-18-14;1-2-11-7-3-4-10(11)5-8-12-9-6-10/h1-8H,(H,15,17);2-9H2,1H3. The largest absolute Gasteiger partial charge is 0.381 e. The second-order valence-corrected chi connectivity index (χ2v) is 9.96. The van der Waals surface area contributed by atoms with E-state index in [9.17, 15) is 0 Å². The molecule has 0 amide bonds. The predicted molar refractivity (Wildman–Crippen MR) is 132 cm³/mol. The Morgan fingerprint density at radius 3 is 2.87 bits per heavy atom. The molecule has 2 aliphatic heterocycles. The SMILES string of the molecule is CCN1CCCC12CCOCC2.c1cc(Nc2ccc3scnc3c2)c2ccsc2n1.